The molecule has 0 radical (unpaired) electrons. The molecule has 2 amide bonds. The maximum atomic E-state index is 12.4. The number of amides is 2. The van der Waals surface area contributed by atoms with E-state index in [1.165, 1.54) is 7.11 Å². The number of rotatable bonds is 4. The number of carbonyl (C=O) groups excluding carboxylic acids is 3. The third-order valence-electron chi connectivity index (χ3n) is 3.76. The van der Waals surface area contributed by atoms with Crippen LogP contribution in [0.2, 0.25) is 5.02 Å². The van der Waals surface area contributed by atoms with Crippen LogP contribution in [0.3, 0.4) is 0 Å². The molecule has 0 unspecified atom stereocenters. The Bertz CT molecular complexity index is 597. The minimum absolute atomic E-state index is 0.0803. The molecule has 1 fully saturated rings. The lowest BCUT2D eigenvalue weighted by molar-refractivity contribution is -0.143. The predicted molar refractivity (Wildman–Crippen MR) is 85.2 cm³/mol. The first-order chi connectivity index (χ1) is 11.0. The summed E-state index contributed by atoms with van der Waals surface area (Å²) >= 11 is 5.90. The van der Waals surface area contributed by atoms with Crippen LogP contribution >= 0.6 is 11.6 Å². The Kier molecular flexibility index (Phi) is 5.98. The van der Waals surface area contributed by atoms with Crippen LogP contribution in [0.25, 0.3) is 0 Å². The van der Waals surface area contributed by atoms with E-state index in [2.05, 4.69) is 4.74 Å². The molecule has 23 heavy (non-hydrogen) atoms. The highest BCUT2D eigenvalue weighted by atomic mass is 35.5. The summed E-state index contributed by atoms with van der Waals surface area (Å²) in [5.41, 5.74) is 0.544. The average molecular weight is 339 g/mol. The lowest BCUT2D eigenvalue weighted by Gasteiger charge is -2.34. The first-order valence-corrected chi connectivity index (χ1v) is 7.78. The molecule has 0 bridgehead atoms. The number of hydrogen-bond donors (Lipinski definition) is 0. The lowest BCUT2D eigenvalue weighted by atomic mass is 10.1. The molecule has 1 aliphatic heterocycles. The Morgan fingerprint density at radius 1 is 1.09 bits per heavy atom. The number of ether oxygens (including phenoxy) is 1. The summed E-state index contributed by atoms with van der Waals surface area (Å²) in [6.45, 7) is 1.86. The second-order valence-corrected chi connectivity index (χ2v) is 5.70. The topological polar surface area (TPSA) is 66.9 Å². The van der Waals surface area contributed by atoms with Gasteiger partial charge in [0.05, 0.1) is 13.5 Å². The molecule has 0 saturated carbocycles. The first kappa shape index (κ1) is 17.3. The Balaban J connectivity index is 1.85. The van der Waals surface area contributed by atoms with Gasteiger partial charge in [0.1, 0.15) is 0 Å². The Hall–Kier alpha value is -2.08. The van der Waals surface area contributed by atoms with Gasteiger partial charge in [0.15, 0.2) is 0 Å². The highest BCUT2D eigenvalue weighted by Gasteiger charge is 2.25. The van der Waals surface area contributed by atoms with Crippen molar-refractivity contribution < 1.29 is 19.1 Å². The third-order valence-corrected chi connectivity index (χ3v) is 4.00. The van der Waals surface area contributed by atoms with Gasteiger partial charge in [-0.1, -0.05) is 17.7 Å². The molecule has 1 aromatic carbocycles. The maximum Gasteiger partial charge on any atom is 0.306 e. The van der Waals surface area contributed by atoms with Crippen LogP contribution in [-0.2, 0) is 14.3 Å². The molecule has 0 N–H and O–H groups in total. The fourth-order valence-electron chi connectivity index (χ4n) is 2.43. The fraction of sp³-hybridized carbons (Fsp3) is 0.438. The highest BCUT2D eigenvalue weighted by Crippen LogP contribution is 2.14. The van der Waals surface area contributed by atoms with Crippen LogP contribution in [0.1, 0.15) is 23.2 Å². The van der Waals surface area contributed by atoms with Crippen LogP contribution in [0, 0.1) is 0 Å². The molecular formula is C16H19ClN2O4. The van der Waals surface area contributed by atoms with Gasteiger partial charge in [-0.15, -0.1) is 0 Å². The highest BCUT2D eigenvalue weighted by molar-refractivity contribution is 6.30. The monoisotopic (exact) mass is 338 g/mol. The molecule has 2 rings (SSSR count). The number of hydrogen-bond acceptors (Lipinski definition) is 4. The van der Waals surface area contributed by atoms with E-state index in [0.29, 0.717) is 36.8 Å². The van der Waals surface area contributed by atoms with Gasteiger partial charge in [-0.05, 0) is 18.2 Å². The molecule has 0 spiro atoms. The third kappa shape index (κ3) is 4.69. The molecule has 6 nitrogen and oxygen atoms in total. The lowest BCUT2D eigenvalue weighted by Crippen LogP contribution is -2.50. The van der Waals surface area contributed by atoms with E-state index in [1.807, 2.05) is 0 Å². The first-order valence-electron chi connectivity index (χ1n) is 7.40. The number of esters is 1. The summed E-state index contributed by atoms with van der Waals surface area (Å²) in [6.07, 6.45) is 0.214. The summed E-state index contributed by atoms with van der Waals surface area (Å²) in [5, 5.41) is 0.521. The van der Waals surface area contributed by atoms with Gasteiger partial charge in [0.2, 0.25) is 5.91 Å². The number of methoxy groups -OCH3 is 1. The van der Waals surface area contributed by atoms with E-state index < -0.39 is 5.97 Å². The van der Waals surface area contributed by atoms with Crippen molar-refractivity contribution in [2.75, 3.05) is 33.3 Å². The van der Waals surface area contributed by atoms with E-state index in [0.717, 1.165) is 0 Å². The van der Waals surface area contributed by atoms with Crippen molar-refractivity contribution >= 4 is 29.4 Å². The fourth-order valence-corrected chi connectivity index (χ4v) is 2.62. The molecule has 1 aliphatic rings. The standard InChI is InChI=1S/C16H19ClN2O4/c1-23-15(21)6-5-14(20)18-7-9-19(10-8-18)16(22)12-3-2-4-13(17)11-12/h2-4,11H,5-10H2,1H3. The van der Waals surface area contributed by atoms with Gasteiger partial charge in [-0.3, -0.25) is 14.4 Å². The minimum Gasteiger partial charge on any atom is -0.469 e. The van der Waals surface area contributed by atoms with Crippen LogP contribution in [0.5, 0.6) is 0 Å². The van der Waals surface area contributed by atoms with Gasteiger partial charge in [0, 0.05) is 43.2 Å². The molecule has 0 atom stereocenters. The van der Waals surface area contributed by atoms with Gasteiger partial charge in [-0.2, -0.15) is 0 Å². The molecular weight excluding hydrogens is 320 g/mol. The SMILES string of the molecule is COC(=O)CCC(=O)N1CCN(C(=O)c2cccc(Cl)c2)CC1. The van der Waals surface area contributed by atoms with E-state index >= 15 is 0 Å². The molecule has 7 heteroatoms. The number of piperazine rings is 1. The van der Waals surface area contributed by atoms with Gasteiger partial charge in [0.25, 0.3) is 5.91 Å². The molecule has 1 aromatic rings. The van der Waals surface area contributed by atoms with Crippen molar-refractivity contribution in [2.24, 2.45) is 0 Å². The number of carbonyl (C=O) groups is 3. The second-order valence-electron chi connectivity index (χ2n) is 5.26. The van der Waals surface area contributed by atoms with Crippen molar-refractivity contribution in [3.63, 3.8) is 0 Å². The summed E-state index contributed by atoms with van der Waals surface area (Å²) in [5.74, 6) is -0.576. The largest absolute Gasteiger partial charge is 0.469 e. The zero-order valence-corrected chi connectivity index (χ0v) is 13.7. The molecule has 124 valence electrons. The maximum absolute atomic E-state index is 12.4. The van der Waals surface area contributed by atoms with Crippen LogP contribution in [0.15, 0.2) is 24.3 Å². The van der Waals surface area contributed by atoms with Crippen molar-refractivity contribution in [2.45, 2.75) is 12.8 Å². The summed E-state index contributed by atoms with van der Waals surface area (Å²) < 4.78 is 4.52. The zero-order chi connectivity index (χ0) is 16.8. The van der Waals surface area contributed by atoms with Crippen molar-refractivity contribution in [3.05, 3.63) is 34.9 Å². The smallest absolute Gasteiger partial charge is 0.306 e. The predicted octanol–water partition coefficient (Wildman–Crippen LogP) is 1.58. The van der Waals surface area contributed by atoms with Crippen LogP contribution in [0.4, 0.5) is 0 Å². The number of halogens is 1. The van der Waals surface area contributed by atoms with Gasteiger partial charge < -0.3 is 14.5 Å². The van der Waals surface area contributed by atoms with Crippen molar-refractivity contribution in [3.8, 4) is 0 Å². The summed E-state index contributed by atoms with van der Waals surface area (Å²) in [6, 6.07) is 6.82. The zero-order valence-electron chi connectivity index (χ0n) is 13.0. The van der Waals surface area contributed by atoms with Gasteiger partial charge >= 0.3 is 5.97 Å². The quantitative estimate of drug-likeness (QED) is 0.782. The molecule has 0 aromatic heterocycles. The van der Waals surface area contributed by atoms with E-state index in [4.69, 9.17) is 11.6 Å². The molecule has 0 aliphatic carbocycles. The molecule has 1 saturated heterocycles. The Morgan fingerprint density at radius 2 is 1.74 bits per heavy atom. The summed E-state index contributed by atoms with van der Waals surface area (Å²) in [4.78, 5) is 38.8. The molecule has 1 heterocycles. The van der Waals surface area contributed by atoms with Crippen LogP contribution in [-0.4, -0.2) is 60.9 Å². The Labute approximate surface area is 139 Å². The van der Waals surface area contributed by atoms with Gasteiger partial charge in [-0.25, -0.2) is 0 Å². The Morgan fingerprint density at radius 3 is 2.35 bits per heavy atom. The van der Waals surface area contributed by atoms with E-state index in [-0.39, 0.29) is 24.7 Å². The van der Waals surface area contributed by atoms with E-state index in [9.17, 15) is 14.4 Å². The average Bonchev–Trinajstić information content (AvgIpc) is 2.58. The number of nitrogens with zero attached hydrogens (tertiary/aromatic N) is 2. The normalized spacial score (nSPS) is 14.5. The van der Waals surface area contributed by atoms with E-state index in [1.54, 1.807) is 34.1 Å². The second kappa shape index (κ2) is 7.97. The van der Waals surface area contributed by atoms with Crippen molar-refractivity contribution in [1.29, 1.82) is 0 Å². The summed E-state index contributed by atoms with van der Waals surface area (Å²) in [7, 11) is 1.30. The van der Waals surface area contributed by atoms with Crippen molar-refractivity contribution in [1.82, 2.24) is 9.80 Å². The van der Waals surface area contributed by atoms with Crippen LogP contribution < -0.4 is 0 Å². The minimum atomic E-state index is -0.395. The number of benzene rings is 1.